The fourth-order valence-electron chi connectivity index (χ4n) is 5.59. The molecule has 0 aromatic heterocycles. The molecule has 0 amide bonds. The minimum Gasteiger partial charge on any atom is -0.496 e. The van der Waals surface area contributed by atoms with Gasteiger partial charge in [0.25, 0.3) is 0 Å². The van der Waals surface area contributed by atoms with Gasteiger partial charge in [0.05, 0.1) is 7.11 Å². The van der Waals surface area contributed by atoms with Gasteiger partial charge < -0.3 is 4.74 Å². The summed E-state index contributed by atoms with van der Waals surface area (Å²) in [6.07, 6.45) is 2.34. The van der Waals surface area contributed by atoms with Gasteiger partial charge in [-0.2, -0.15) is 0 Å². The van der Waals surface area contributed by atoms with Gasteiger partial charge in [0.1, 0.15) is 5.75 Å². The highest BCUT2D eigenvalue weighted by molar-refractivity contribution is 5.85. The normalized spacial score (nSPS) is 14.1. The Morgan fingerprint density at radius 2 is 1.40 bits per heavy atom. The lowest BCUT2D eigenvalue weighted by Crippen LogP contribution is -2.29. The van der Waals surface area contributed by atoms with Crippen LogP contribution in [-0.4, -0.2) is 7.11 Å². The molecule has 0 saturated heterocycles. The second-order valence-corrected chi connectivity index (χ2v) is 9.79. The summed E-state index contributed by atoms with van der Waals surface area (Å²) in [5, 5.41) is 0. The molecule has 3 aromatic carbocycles. The van der Waals surface area contributed by atoms with E-state index in [0.29, 0.717) is 11.8 Å². The van der Waals surface area contributed by atoms with Crippen LogP contribution in [0.1, 0.15) is 57.2 Å². The topological polar surface area (TPSA) is 9.23 Å². The van der Waals surface area contributed by atoms with Gasteiger partial charge in [-0.15, -0.1) is 0 Å². The lowest BCUT2D eigenvalue weighted by molar-refractivity contribution is 0.337. The number of fused-ring (bicyclic) bond motifs is 3. The molecule has 3 aromatic rings. The first kappa shape index (κ1) is 20.7. The molecular formula is C29H34O. The maximum absolute atomic E-state index is 5.72. The molecule has 0 saturated carbocycles. The molecule has 1 aliphatic rings. The van der Waals surface area contributed by atoms with Crippen molar-refractivity contribution in [2.24, 2.45) is 11.8 Å². The third-order valence-corrected chi connectivity index (χ3v) is 6.45. The van der Waals surface area contributed by atoms with E-state index >= 15 is 0 Å². The first-order chi connectivity index (χ1) is 14.4. The Kier molecular flexibility index (Phi) is 5.49. The molecule has 0 N–H and O–H groups in total. The zero-order valence-corrected chi connectivity index (χ0v) is 19.3. The highest BCUT2D eigenvalue weighted by Gasteiger charge is 2.43. The summed E-state index contributed by atoms with van der Waals surface area (Å²) in [7, 11) is 1.76. The van der Waals surface area contributed by atoms with Gasteiger partial charge in [-0.05, 0) is 77.6 Å². The Labute approximate surface area is 182 Å². The first-order valence-corrected chi connectivity index (χ1v) is 11.2. The minimum atomic E-state index is 0.0708. The van der Waals surface area contributed by atoms with E-state index in [9.17, 15) is 0 Å². The van der Waals surface area contributed by atoms with Crippen molar-refractivity contribution < 1.29 is 4.74 Å². The van der Waals surface area contributed by atoms with E-state index in [1.807, 2.05) is 0 Å². The molecule has 0 bridgehead atoms. The second kappa shape index (κ2) is 7.95. The van der Waals surface area contributed by atoms with Crippen LogP contribution in [0.25, 0.3) is 22.3 Å². The maximum atomic E-state index is 5.72. The van der Waals surface area contributed by atoms with Gasteiger partial charge in [-0.1, -0.05) is 75.7 Å². The predicted octanol–water partition coefficient (Wildman–Crippen LogP) is 8.03. The van der Waals surface area contributed by atoms with Crippen molar-refractivity contribution in [2.45, 2.75) is 52.9 Å². The zero-order valence-electron chi connectivity index (χ0n) is 19.3. The molecule has 0 radical (unpaired) electrons. The van der Waals surface area contributed by atoms with Crippen LogP contribution in [0.15, 0.2) is 60.7 Å². The van der Waals surface area contributed by atoms with E-state index in [4.69, 9.17) is 4.74 Å². The van der Waals surface area contributed by atoms with Crippen molar-refractivity contribution in [2.75, 3.05) is 7.11 Å². The summed E-state index contributed by atoms with van der Waals surface area (Å²) >= 11 is 0. The Morgan fingerprint density at radius 3 is 2.07 bits per heavy atom. The average Bonchev–Trinajstić information content (AvgIpc) is 2.96. The predicted molar refractivity (Wildman–Crippen MR) is 128 cm³/mol. The zero-order chi connectivity index (χ0) is 21.5. The number of hydrogen-bond donors (Lipinski definition) is 0. The molecule has 0 fully saturated rings. The van der Waals surface area contributed by atoms with Gasteiger partial charge in [0.15, 0.2) is 0 Å². The average molecular weight is 399 g/mol. The van der Waals surface area contributed by atoms with Crippen molar-refractivity contribution in [3.63, 3.8) is 0 Å². The molecule has 156 valence electrons. The summed E-state index contributed by atoms with van der Waals surface area (Å²) in [5.74, 6) is 2.19. The molecule has 0 aliphatic heterocycles. The molecule has 0 spiro atoms. The quantitative estimate of drug-likeness (QED) is 0.408. The van der Waals surface area contributed by atoms with E-state index in [-0.39, 0.29) is 5.41 Å². The van der Waals surface area contributed by atoms with Crippen molar-refractivity contribution in [3.8, 4) is 28.0 Å². The van der Waals surface area contributed by atoms with E-state index in [1.54, 1.807) is 7.11 Å². The van der Waals surface area contributed by atoms with Gasteiger partial charge in [0, 0.05) is 11.0 Å². The van der Waals surface area contributed by atoms with Gasteiger partial charge in [-0.3, -0.25) is 0 Å². The molecule has 0 heterocycles. The lowest BCUT2D eigenvalue weighted by Gasteiger charge is -2.36. The standard InChI is InChI=1S/C29H34O/c1-19(2)17-29(18-20(3)4)26-10-8-7-9-23(26)24-13-12-22(16-27(24)29)25-15-21(5)11-14-28(25)30-6/h7-16,19-20H,17-18H2,1-6H3. The maximum Gasteiger partial charge on any atom is 0.126 e. The Balaban J connectivity index is 1.98. The summed E-state index contributed by atoms with van der Waals surface area (Å²) < 4.78 is 5.72. The molecule has 4 rings (SSSR count). The number of methoxy groups -OCH3 is 1. The number of ether oxygens (including phenoxy) is 1. The largest absolute Gasteiger partial charge is 0.496 e. The number of benzene rings is 3. The Bertz CT molecular complexity index is 1050. The molecule has 0 atom stereocenters. The molecule has 1 nitrogen and oxygen atoms in total. The number of hydrogen-bond acceptors (Lipinski definition) is 1. The molecule has 1 heteroatoms. The fraction of sp³-hybridized carbons (Fsp3) is 0.379. The van der Waals surface area contributed by atoms with Crippen LogP contribution in [-0.2, 0) is 5.41 Å². The minimum absolute atomic E-state index is 0.0708. The van der Waals surface area contributed by atoms with Crippen molar-refractivity contribution in [1.82, 2.24) is 0 Å². The molecule has 1 aliphatic carbocycles. The van der Waals surface area contributed by atoms with E-state index in [2.05, 4.69) is 95.3 Å². The Hall–Kier alpha value is -2.54. The van der Waals surface area contributed by atoms with Crippen LogP contribution in [0, 0.1) is 18.8 Å². The number of aryl methyl sites for hydroxylation is 1. The van der Waals surface area contributed by atoms with Crippen LogP contribution in [0.2, 0.25) is 0 Å². The Morgan fingerprint density at radius 1 is 0.733 bits per heavy atom. The van der Waals surface area contributed by atoms with E-state index in [0.717, 1.165) is 5.75 Å². The van der Waals surface area contributed by atoms with Crippen LogP contribution < -0.4 is 4.74 Å². The summed E-state index contributed by atoms with van der Waals surface area (Å²) in [4.78, 5) is 0. The van der Waals surface area contributed by atoms with Crippen LogP contribution in [0.5, 0.6) is 5.75 Å². The monoisotopic (exact) mass is 398 g/mol. The van der Waals surface area contributed by atoms with Crippen LogP contribution in [0.3, 0.4) is 0 Å². The molecule has 30 heavy (non-hydrogen) atoms. The second-order valence-electron chi connectivity index (χ2n) is 9.79. The van der Waals surface area contributed by atoms with Gasteiger partial charge >= 0.3 is 0 Å². The lowest BCUT2D eigenvalue weighted by atomic mass is 9.67. The molecular weight excluding hydrogens is 364 g/mol. The first-order valence-electron chi connectivity index (χ1n) is 11.2. The summed E-state index contributed by atoms with van der Waals surface area (Å²) in [6, 6.07) is 22.6. The van der Waals surface area contributed by atoms with Crippen molar-refractivity contribution in [3.05, 3.63) is 77.4 Å². The van der Waals surface area contributed by atoms with Crippen LogP contribution >= 0.6 is 0 Å². The SMILES string of the molecule is COc1ccc(C)cc1-c1ccc2c(c1)C(CC(C)C)(CC(C)C)c1ccccc1-2. The van der Waals surface area contributed by atoms with Crippen molar-refractivity contribution in [1.29, 1.82) is 0 Å². The summed E-state index contributed by atoms with van der Waals surface area (Å²) in [5.41, 5.74) is 9.58. The third-order valence-electron chi connectivity index (χ3n) is 6.45. The summed E-state index contributed by atoms with van der Waals surface area (Å²) in [6.45, 7) is 11.6. The highest BCUT2D eigenvalue weighted by atomic mass is 16.5. The third kappa shape index (κ3) is 3.45. The number of rotatable bonds is 6. The smallest absolute Gasteiger partial charge is 0.126 e. The fourth-order valence-corrected chi connectivity index (χ4v) is 5.59. The highest BCUT2D eigenvalue weighted by Crippen LogP contribution is 2.55. The van der Waals surface area contributed by atoms with Gasteiger partial charge in [0.2, 0.25) is 0 Å². The van der Waals surface area contributed by atoms with E-state index in [1.165, 1.54) is 51.8 Å². The van der Waals surface area contributed by atoms with E-state index < -0.39 is 0 Å². The van der Waals surface area contributed by atoms with Gasteiger partial charge in [-0.25, -0.2) is 0 Å². The molecule has 0 unspecified atom stereocenters. The van der Waals surface area contributed by atoms with Crippen LogP contribution in [0.4, 0.5) is 0 Å². The van der Waals surface area contributed by atoms with Crippen molar-refractivity contribution >= 4 is 0 Å².